The summed E-state index contributed by atoms with van der Waals surface area (Å²) in [5.74, 6) is 0.858. The summed E-state index contributed by atoms with van der Waals surface area (Å²) in [6.07, 6.45) is 1.47. The van der Waals surface area contributed by atoms with Gasteiger partial charge in [0, 0.05) is 30.0 Å². The third-order valence-electron chi connectivity index (χ3n) is 4.68. The molecule has 108 valence electrons. The van der Waals surface area contributed by atoms with Crippen molar-refractivity contribution in [3.63, 3.8) is 0 Å². The Labute approximate surface area is 122 Å². The highest BCUT2D eigenvalue weighted by Gasteiger charge is 2.47. The van der Waals surface area contributed by atoms with Crippen LogP contribution in [0.5, 0.6) is 0 Å². The second-order valence-electron chi connectivity index (χ2n) is 5.92. The molecule has 1 saturated heterocycles. The second kappa shape index (κ2) is 4.24. The largest absolute Gasteiger partial charge is 0.381 e. The van der Waals surface area contributed by atoms with E-state index in [-0.39, 0.29) is 5.91 Å². The Morgan fingerprint density at radius 2 is 1.95 bits per heavy atom. The molecule has 1 fully saturated rings. The van der Waals surface area contributed by atoms with E-state index >= 15 is 0 Å². The topological polar surface area (TPSA) is 64.1 Å². The SMILES string of the molecule is Cc1nc(C)c2cc3c(cc2n1)C1(CCOCC1)C(=O)N3. The predicted molar refractivity (Wildman–Crippen MR) is 79.4 cm³/mol. The van der Waals surface area contributed by atoms with Crippen molar-refractivity contribution >= 4 is 22.5 Å². The minimum absolute atomic E-state index is 0.0958. The van der Waals surface area contributed by atoms with E-state index in [2.05, 4.69) is 21.4 Å². The van der Waals surface area contributed by atoms with Crippen molar-refractivity contribution in [1.29, 1.82) is 0 Å². The van der Waals surface area contributed by atoms with Gasteiger partial charge < -0.3 is 10.1 Å². The van der Waals surface area contributed by atoms with Crippen LogP contribution in [0.25, 0.3) is 10.9 Å². The number of benzene rings is 1. The fourth-order valence-corrected chi connectivity index (χ4v) is 3.55. The highest BCUT2D eigenvalue weighted by molar-refractivity contribution is 6.08. The molecular weight excluding hydrogens is 266 g/mol. The molecule has 0 bridgehead atoms. The molecule has 5 nitrogen and oxygen atoms in total. The first-order chi connectivity index (χ1) is 10.1. The fraction of sp³-hybridized carbons (Fsp3) is 0.438. The summed E-state index contributed by atoms with van der Waals surface area (Å²) in [7, 11) is 0. The third-order valence-corrected chi connectivity index (χ3v) is 4.68. The van der Waals surface area contributed by atoms with Gasteiger partial charge in [0.25, 0.3) is 0 Å². The first-order valence-electron chi connectivity index (χ1n) is 7.29. The van der Waals surface area contributed by atoms with Gasteiger partial charge in [-0.3, -0.25) is 4.79 Å². The van der Waals surface area contributed by atoms with E-state index in [0.29, 0.717) is 13.2 Å². The Balaban J connectivity index is 1.97. The van der Waals surface area contributed by atoms with Crippen LogP contribution in [0.15, 0.2) is 12.1 Å². The normalized spacial score (nSPS) is 19.8. The zero-order valence-electron chi connectivity index (χ0n) is 12.2. The molecule has 0 aliphatic carbocycles. The van der Waals surface area contributed by atoms with Crippen molar-refractivity contribution in [3.05, 3.63) is 29.2 Å². The van der Waals surface area contributed by atoms with Crippen LogP contribution in [0.1, 0.15) is 29.9 Å². The predicted octanol–water partition coefficient (Wildman–Crippen LogP) is 2.25. The summed E-state index contributed by atoms with van der Waals surface area (Å²) >= 11 is 0. The van der Waals surface area contributed by atoms with Gasteiger partial charge in [-0.2, -0.15) is 0 Å². The summed E-state index contributed by atoms with van der Waals surface area (Å²) in [5, 5.41) is 4.05. The van der Waals surface area contributed by atoms with E-state index < -0.39 is 5.41 Å². The van der Waals surface area contributed by atoms with Crippen molar-refractivity contribution in [2.75, 3.05) is 18.5 Å². The van der Waals surface area contributed by atoms with Crippen LogP contribution in [0.2, 0.25) is 0 Å². The van der Waals surface area contributed by atoms with E-state index in [0.717, 1.165) is 46.5 Å². The lowest BCUT2D eigenvalue weighted by molar-refractivity contribution is -0.124. The summed E-state index contributed by atoms with van der Waals surface area (Å²) in [6, 6.07) is 4.08. The molecule has 1 aromatic heterocycles. The molecule has 5 heteroatoms. The number of hydrogen-bond donors (Lipinski definition) is 1. The molecule has 2 aliphatic rings. The van der Waals surface area contributed by atoms with Crippen molar-refractivity contribution in [1.82, 2.24) is 9.97 Å². The molecule has 1 amide bonds. The lowest BCUT2D eigenvalue weighted by Crippen LogP contribution is -2.39. The van der Waals surface area contributed by atoms with E-state index in [4.69, 9.17) is 4.74 Å². The van der Waals surface area contributed by atoms with Crippen molar-refractivity contribution in [2.45, 2.75) is 32.1 Å². The highest BCUT2D eigenvalue weighted by Crippen LogP contribution is 2.45. The smallest absolute Gasteiger partial charge is 0.235 e. The standard InChI is InChI=1S/C16H17N3O2/c1-9-11-7-14-12(8-13(11)18-10(2)17-9)16(15(20)19-14)3-5-21-6-4-16/h7-8H,3-6H2,1-2H3,(H,19,20). The molecule has 2 aliphatic heterocycles. The maximum absolute atomic E-state index is 12.5. The first-order valence-corrected chi connectivity index (χ1v) is 7.29. The maximum Gasteiger partial charge on any atom is 0.235 e. The molecule has 2 aromatic rings. The molecule has 0 atom stereocenters. The van der Waals surface area contributed by atoms with Gasteiger partial charge in [-0.25, -0.2) is 9.97 Å². The average molecular weight is 283 g/mol. The average Bonchev–Trinajstić information content (AvgIpc) is 2.71. The van der Waals surface area contributed by atoms with Crippen LogP contribution < -0.4 is 5.32 Å². The van der Waals surface area contributed by atoms with Gasteiger partial charge in [0.05, 0.1) is 10.9 Å². The molecule has 1 N–H and O–H groups in total. The quantitative estimate of drug-likeness (QED) is 0.805. The number of rotatable bonds is 0. The number of amides is 1. The van der Waals surface area contributed by atoms with Crippen LogP contribution in [0.4, 0.5) is 5.69 Å². The van der Waals surface area contributed by atoms with Crippen LogP contribution >= 0.6 is 0 Å². The molecule has 1 spiro atoms. The Morgan fingerprint density at radius 3 is 2.71 bits per heavy atom. The number of hydrogen-bond acceptors (Lipinski definition) is 4. The fourth-order valence-electron chi connectivity index (χ4n) is 3.55. The number of aryl methyl sites for hydroxylation is 2. The van der Waals surface area contributed by atoms with Crippen LogP contribution in [-0.2, 0) is 14.9 Å². The Bertz CT molecular complexity index is 764. The number of carbonyl (C=O) groups is 1. The van der Waals surface area contributed by atoms with E-state index in [1.807, 2.05) is 19.9 Å². The molecule has 3 heterocycles. The summed E-state index contributed by atoms with van der Waals surface area (Å²) in [5.41, 5.74) is 3.41. The zero-order chi connectivity index (χ0) is 14.6. The van der Waals surface area contributed by atoms with Crippen LogP contribution in [0, 0.1) is 13.8 Å². The van der Waals surface area contributed by atoms with Crippen LogP contribution in [-0.4, -0.2) is 29.1 Å². The summed E-state index contributed by atoms with van der Waals surface area (Å²) < 4.78 is 5.44. The number of anilines is 1. The van der Waals surface area contributed by atoms with E-state index in [1.165, 1.54) is 0 Å². The molecule has 0 unspecified atom stereocenters. The number of fused-ring (bicyclic) bond motifs is 3. The number of nitrogens with zero attached hydrogens (tertiary/aromatic N) is 2. The van der Waals surface area contributed by atoms with E-state index in [9.17, 15) is 4.79 Å². The van der Waals surface area contributed by atoms with Crippen LogP contribution in [0.3, 0.4) is 0 Å². The Morgan fingerprint density at radius 1 is 1.19 bits per heavy atom. The van der Waals surface area contributed by atoms with Crippen molar-refractivity contribution < 1.29 is 9.53 Å². The van der Waals surface area contributed by atoms with E-state index in [1.54, 1.807) is 0 Å². The Kier molecular flexibility index (Phi) is 2.57. The number of ether oxygens (including phenoxy) is 1. The molecule has 1 aromatic carbocycles. The van der Waals surface area contributed by atoms with Gasteiger partial charge >= 0.3 is 0 Å². The van der Waals surface area contributed by atoms with Gasteiger partial charge in [0.15, 0.2) is 0 Å². The van der Waals surface area contributed by atoms with Gasteiger partial charge in [-0.15, -0.1) is 0 Å². The highest BCUT2D eigenvalue weighted by atomic mass is 16.5. The van der Waals surface area contributed by atoms with Crippen molar-refractivity contribution in [3.8, 4) is 0 Å². The molecule has 4 rings (SSSR count). The number of carbonyl (C=O) groups excluding carboxylic acids is 1. The third kappa shape index (κ3) is 1.70. The molecular formula is C16H17N3O2. The Hall–Kier alpha value is -2.01. The second-order valence-corrected chi connectivity index (χ2v) is 5.92. The van der Waals surface area contributed by atoms with Gasteiger partial charge in [0.2, 0.25) is 5.91 Å². The monoisotopic (exact) mass is 283 g/mol. The number of aromatic nitrogens is 2. The molecule has 0 saturated carbocycles. The lowest BCUT2D eigenvalue weighted by atomic mass is 9.75. The first kappa shape index (κ1) is 12.7. The number of nitrogens with one attached hydrogen (secondary N) is 1. The minimum atomic E-state index is -0.436. The zero-order valence-corrected chi connectivity index (χ0v) is 12.2. The van der Waals surface area contributed by atoms with Gasteiger partial charge in [-0.1, -0.05) is 0 Å². The molecule has 21 heavy (non-hydrogen) atoms. The molecule has 0 radical (unpaired) electrons. The minimum Gasteiger partial charge on any atom is -0.381 e. The summed E-state index contributed by atoms with van der Waals surface area (Å²) in [4.78, 5) is 21.5. The van der Waals surface area contributed by atoms with Gasteiger partial charge in [-0.05, 0) is 44.4 Å². The van der Waals surface area contributed by atoms with Crippen molar-refractivity contribution in [2.24, 2.45) is 0 Å². The van der Waals surface area contributed by atoms with Gasteiger partial charge in [0.1, 0.15) is 5.82 Å². The lowest BCUT2D eigenvalue weighted by Gasteiger charge is -2.31. The maximum atomic E-state index is 12.5. The summed E-state index contributed by atoms with van der Waals surface area (Å²) in [6.45, 7) is 5.14.